The summed E-state index contributed by atoms with van der Waals surface area (Å²) in [6, 6.07) is 16.2. The fraction of sp³-hybridized carbons (Fsp3) is 0.318. The summed E-state index contributed by atoms with van der Waals surface area (Å²) in [7, 11) is -4.31. The molecule has 8 heteroatoms. The molecule has 0 radical (unpaired) electrons. The first-order valence-electron chi connectivity index (χ1n) is 10.1. The highest BCUT2D eigenvalue weighted by atomic mass is 32.2. The maximum absolute atomic E-state index is 12.3. The minimum Gasteiger partial charge on any atom is -0.355 e. The fourth-order valence-electron chi connectivity index (χ4n) is 3.92. The van der Waals surface area contributed by atoms with Crippen LogP contribution in [0.25, 0.3) is 0 Å². The van der Waals surface area contributed by atoms with Gasteiger partial charge in [-0.3, -0.25) is 4.55 Å². The molecule has 0 fully saturated rings. The Morgan fingerprint density at radius 3 is 2.30 bits per heavy atom. The summed E-state index contributed by atoms with van der Waals surface area (Å²) in [4.78, 5) is 10.7. The first-order valence-corrected chi connectivity index (χ1v) is 12.4. The van der Waals surface area contributed by atoms with E-state index >= 15 is 0 Å². The molecule has 0 aromatic heterocycles. The van der Waals surface area contributed by atoms with Crippen molar-refractivity contribution in [2.45, 2.75) is 34.8 Å². The molecule has 2 aromatic rings. The minimum atomic E-state index is -4.31. The van der Waals surface area contributed by atoms with Crippen molar-refractivity contribution >= 4 is 39.1 Å². The van der Waals surface area contributed by atoms with Crippen molar-refractivity contribution in [2.75, 3.05) is 24.5 Å². The van der Waals surface area contributed by atoms with Gasteiger partial charge in [-0.2, -0.15) is 8.42 Å². The van der Waals surface area contributed by atoms with E-state index in [1.54, 1.807) is 18.0 Å². The van der Waals surface area contributed by atoms with Crippen molar-refractivity contribution in [2.24, 2.45) is 4.99 Å². The lowest BCUT2D eigenvalue weighted by Gasteiger charge is -2.35. The molecule has 0 amide bonds. The van der Waals surface area contributed by atoms with Gasteiger partial charge in [0.1, 0.15) is 11.1 Å². The predicted octanol–water partition coefficient (Wildman–Crippen LogP) is 4.57. The van der Waals surface area contributed by atoms with Crippen LogP contribution in [0, 0.1) is 0 Å². The predicted molar refractivity (Wildman–Crippen MR) is 122 cm³/mol. The van der Waals surface area contributed by atoms with E-state index in [1.165, 1.54) is 0 Å². The molecular weight excluding hydrogens is 418 g/mol. The van der Waals surface area contributed by atoms with Gasteiger partial charge in [-0.15, -0.1) is 0 Å². The average molecular weight is 444 g/mol. The van der Waals surface area contributed by atoms with Crippen LogP contribution in [0.5, 0.6) is 0 Å². The fourth-order valence-corrected chi connectivity index (χ4v) is 5.90. The molecule has 4 rings (SSSR count). The standard InChI is InChI=1S/C22H25N3O3S2/c1-2-14-24-15-7-13-23-22(24)21(30(26,27)28)12-16-25-17-8-3-5-10-19(17)29-20-11-6-4-9-18(20)25/h3-11,13,21H,2,12,14-16H2,1H3,(H,26,27,28). The summed E-state index contributed by atoms with van der Waals surface area (Å²) in [6.07, 6.45) is 4.63. The lowest BCUT2D eigenvalue weighted by molar-refractivity contribution is 0.429. The van der Waals surface area contributed by atoms with Crippen molar-refractivity contribution in [3.8, 4) is 0 Å². The molecule has 0 spiro atoms. The Morgan fingerprint density at radius 1 is 1.07 bits per heavy atom. The third kappa shape index (κ3) is 4.26. The zero-order valence-corrected chi connectivity index (χ0v) is 18.4. The summed E-state index contributed by atoms with van der Waals surface area (Å²) in [6.45, 7) is 3.78. The minimum absolute atomic E-state index is 0.235. The lowest BCUT2D eigenvalue weighted by atomic mass is 10.1. The van der Waals surface area contributed by atoms with E-state index in [4.69, 9.17) is 0 Å². The summed E-state index contributed by atoms with van der Waals surface area (Å²) in [5.74, 6) is 0.426. The van der Waals surface area contributed by atoms with Crippen molar-refractivity contribution in [1.29, 1.82) is 0 Å². The smallest absolute Gasteiger partial charge is 0.275 e. The van der Waals surface area contributed by atoms with E-state index < -0.39 is 15.4 Å². The zero-order chi connectivity index (χ0) is 21.1. The maximum atomic E-state index is 12.3. The number of rotatable bonds is 7. The van der Waals surface area contributed by atoms with Gasteiger partial charge in [-0.25, -0.2) is 4.99 Å². The van der Waals surface area contributed by atoms with E-state index in [2.05, 4.69) is 22.0 Å². The van der Waals surface area contributed by atoms with Crippen LogP contribution in [0.15, 0.2) is 75.6 Å². The molecule has 158 valence electrons. The second-order valence-corrected chi connectivity index (χ2v) is 9.98. The quantitative estimate of drug-likeness (QED) is 0.632. The number of anilines is 2. The number of benzene rings is 2. The molecule has 2 aliphatic heterocycles. The van der Waals surface area contributed by atoms with Gasteiger partial charge in [-0.1, -0.05) is 43.0 Å². The Bertz CT molecular complexity index is 1040. The van der Waals surface area contributed by atoms with Crippen LogP contribution in [0.4, 0.5) is 11.4 Å². The molecular formula is C22H25N3O3S2. The first kappa shape index (κ1) is 21.0. The molecule has 1 unspecified atom stereocenters. The summed E-state index contributed by atoms with van der Waals surface area (Å²) in [5, 5.41) is -1.07. The Labute approximate surface area is 182 Å². The van der Waals surface area contributed by atoms with Crippen LogP contribution in [-0.4, -0.2) is 48.6 Å². The number of nitrogens with zero attached hydrogens (tertiary/aromatic N) is 3. The topological polar surface area (TPSA) is 73.2 Å². The van der Waals surface area contributed by atoms with Crippen LogP contribution < -0.4 is 4.90 Å². The van der Waals surface area contributed by atoms with Crippen LogP contribution in [0.1, 0.15) is 19.8 Å². The molecule has 6 nitrogen and oxygen atoms in total. The van der Waals surface area contributed by atoms with Gasteiger partial charge in [0.15, 0.2) is 0 Å². The number of aliphatic imine (C=N–C) groups is 1. The van der Waals surface area contributed by atoms with E-state index in [-0.39, 0.29) is 6.42 Å². The third-order valence-electron chi connectivity index (χ3n) is 5.25. The highest BCUT2D eigenvalue weighted by Crippen LogP contribution is 2.47. The molecule has 0 aliphatic carbocycles. The largest absolute Gasteiger partial charge is 0.355 e. The summed E-state index contributed by atoms with van der Waals surface area (Å²) >= 11 is 1.71. The number of amidine groups is 1. The Hall–Kier alpha value is -2.29. The Kier molecular flexibility index (Phi) is 6.17. The number of hydrogen-bond donors (Lipinski definition) is 1. The van der Waals surface area contributed by atoms with Crippen LogP contribution in [0.3, 0.4) is 0 Å². The molecule has 1 atom stereocenters. The monoisotopic (exact) mass is 443 g/mol. The maximum Gasteiger partial charge on any atom is 0.275 e. The van der Waals surface area contributed by atoms with E-state index in [9.17, 15) is 13.0 Å². The molecule has 1 N–H and O–H groups in total. The van der Waals surface area contributed by atoms with Gasteiger partial charge >= 0.3 is 0 Å². The Balaban J connectivity index is 1.65. The van der Waals surface area contributed by atoms with Crippen LogP contribution in [-0.2, 0) is 10.1 Å². The molecule has 2 heterocycles. The number of fused-ring (bicyclic) bond motifs is 2. The summed E-state index contributed by atoms with van der Waals surface area (Å²) < 4.78 is 34.7. The van der Waals surface area contributed by atoms with Gasteiger partial charge in [0, 0.05) is 35.6 Å². The molecule has 2 aliphatic rings. The van der Waals surface area contributed by atoms with Crippen LogP contribution >= 0.6 is 11.8 Å². The second kappa shape index (κ2) is 8.83. The second-order valence-electron chi connectivity index (χ2n) is 7.30. The zero-order valence-electron chi connectivity index (χ0n) is 16.8. The van der Waals surface area contributed by atoms with E-state index in [0.717, 1.165) is 27.6 Å². The molecule has 30 heavy (non-hydrogen) atoms. The Morgan fingerprint density at radius 2 is 1.70 bits per heavy atom. The van der Waals surface area contributed by atoms with Crippen molar-refractivity contribution < 1.29 is 13.0 Å². The van der Waals surface area contributed by atoms with Crippen LogP contribution in [0.2, 0.25) is 0 Å². The number of para-hydroxylation sites is 2. The normalized spacial score (nSPS) is 16.7. The summed E-state index contributed by atoms with van der Waals surface area (Å²) in [5.41, 5.74) is 2.09. The average Bonchev–Trinajstić information content (AvgIpc) is 2.73. The first-order chi connectivity index (χ1) is 14.5. The van der Waals surface area contributed by atoms with Gasteiger partial charge in [0.2, 0.25) is 0 Å². The SMILES string of the molecule is CCCN1CC=CN=C1C(CCN1c2ccccc2Sc2ccccc21)S(=O)(=O)O. The van der Waals surface area contributed by atoms with E-state index in [1.807, 2.05) is 54.3 Å². The van der Waals surface area contributed by atoms with Crippen molar-refractivity contribution in [3.05, 3.63) is 60.8 Å². The highest BCUT2D eigenvalue weighted by molar-refractivity contribution is 7.99. The van der Waals surface area contributed by atoms with Gasteiger partial charge < -0.3 is 9.80 Å². The molecule has 0 bridgehead atoms. The molecule has 0 saturated heterocycles. The third-order valence-corrected chi connectivity index (χ3v) is 7.55. The van der Waals surface area contributed by atoms with Gasteiger partial charge in [0.25, 0.3) is 10.1 Å². The lowest BCUT2D eigenvalue weighted by Crippen LogP contribution is -2.45. The van der Waals surface area contributed by atoms with Gasteiger partial charge in [0.05, 0.1) is 11.4 Å². The van der Waals surface area contributed by atoms with E-state index in [0.29, 0.717) is 25.5 Å². The highest BCUT2D eigenvalue weighted by Gasteiger charge is 2.34. The molecule has 2 aromatic carbocycles. The molecule has 0 saturated carbocycles. The number of hydrogen-bond acceptors (Lipinski definition) is 6. The van der Waals surface area contributed by atoms with Gasteiger partial charge in [-0.05, 0) is 43.2 Å². The van der Waals surface area contributed by atoms with Crippen molar-refractivity contribution in [1.82, 2.24) is 4.90 Å². The van der Waals surface area contributed by atoms with Crippen molar-refractivity contribution in [3.63, 3.8) is 0 Å².